The van der Waals surface area contributed by atoms with Crippen molar-refractivity contribution in [2.75, 3.05) is 13.1 Å². The van der Waals surface area contributed by atoms with Gasteiger partial charge in [0, 0.05) is 11.5 Å². The van der Waals surface area contributed by atoms with E-state index in [4.69, 9.17) is 4.74 Å². The molecule has 3 nitrogen and oxygen atoms in total. The van der Waals surface area contributed by atoms with Gasteiger partial charge in [-0.15, -0.1) is 0 Å². The molecule has 0 spiro atoms. The van der Waals surface area contributed by atoms with E-state index >= 15 is 0 Å². The summed E-state index contributed by atoms with van der Waals surface area (Å²) < 4.78 is 18.8. The summed E-state index contributed by atoms with van der Waals surface area (Å²) in [5.41, 5.74) is 1.51. The van der Waals surface area contributed by atoms with Crippen LogP contribution in [0.5, 0.6) is 5.75 Å². The molecular weight excluding hydrogens is 293 g/mol. The topological polar surface area (TPSA) is 38.3 Å². The summed E-state index contributed by atoms with van der Waals surface area (Å²) in [6.45, 7) is 2.12. The molecule has 0 unspecified atom stereocenters. The number of Topliss-reactive ketones (excluding diaryl/α,β-unsaturated/α-hetero) is 1. The molecule has 2 aromatic rings. The number of nitrogens with one attached hydrogen (secondary N) is 1. The fraction of sp³-hybridized carbons (Fsp3) is 0.316. The molecule has 1 N–H and O–H groups in total. The number of ether oxygens (including phenoxy) is 1. The van der Waals surface area contributed by atoms with Gasteiger partial charge in [0.15, 0.2) is 5.78 Å². The van der Waals surface area contributed by atoms with Crippen molar-refractivity contribution in [2.45, 2.75) is 19.4 Å². The molecule has 1 aliphatic heterocycles. The minimum atomic E-state index is -0.269. The van der Waals surface area contributed by atoms with Crippen molar-refractivity contribution in [3.05, 3.63) is 65.5 Å². The quantitative estimate of drug-likeness (QED) is 0.857. The number of hydrogen-bond donors (Lipinski definition) is 1. The first-order chi connectivity index (χ1) is 11.2. The highest BCUT2D eigenvalue weighted by Crippen LogP contribution is 2.21. The Labute approximate surface area is 135 Å². The number of carbonyl (C=O) groups excluding carboxylic acids is 1. The van der Waals surface area contributed by atoms with Crippen molar-refractivity contribution in [1.82, 2.24) is 5.32 Å². The van der Waals surface area contributed by atoms with Crippen LogP contribution in [0.4, 0.5) is 4.39 Å². The van der Waals surface area contributed by atoms with Gasteiger partial charge < -0.3 is 10.1 Å². The predicted octanol–water partition coefficient (Wildman–Crippen LogP) is 3.59. The molecule has 1 aliphatic rings. The molecule has 4 heteroatoms. The number of benzene rings is 2. The van der Waals surface area contributed by atoms with Crippen LogP contribution in [0.2, 0.25) is 0 Å². The molecule has 0 amide bonds. The highest BCUT2D eigenvalue weighted by atomic mass is 19.1. The maximum absolute atomic E-state index is 13.1. The zero-order valence-corrected chi connectivity index (χ0v) is 12.9. The molecule has 1 saturated heterocycles. The van der Waals surface area contributed by atoms with Crippen LogP contribution in [0.25, 0.3) is 0 Å². The monoisotopic (exact) mass is 313 g/mol. The lowest BCUT2D eigenvalue weighted by Crippen LogP contribution is -2.31. The zero-order chi connectivity index (χ0) is 16.1. The highest BCUT2D eigenvalue weighted by Gasteiger charge is 2.21. The van der Waals surface area contributed by atoms with Crippen LogP contribution in [0, 0.1) is 11.7 Å². The van der Waals surface area contributed by atoms with Crippen molar-refractivity contribution in [1.29, 1.82) is 0 Å². The third-order valence-electron chi connectivity index (χ3n) is 4.14. The van der Waals surface area contributed by atoms with Crippen LogP contribution in [0.1, 0.15) is 28.8 Å². The van der Waals surface area contributed by atoms with Crippen LogP contribution in [0.15, 0.2) is 48.5 Å². The SMILES string of the molecule is O=C(c1ccc(OCc2cccc(F)c2)cc1)C1CCNCC1. The van der Waals surface area contributed by atoms with Gasteiger partial charge in [-0.1, -0.05) is 12.1 Å². The molecule has 2 aromatic carbocycles. The van der Waals surface area contributed by atoms with E-state index in [0.717, 1.165) is 37.1 Å². The maximum Gasteiger partial charge on any atom is 0.166 e. The van der Waals surface area contributed by atoms with Gasteiger partial charge in [0.2, 0.25) is 0 Å². The second kappa shape index (κ2) is 7.38. The lowest BCUT2D eigenvalue weighted by molar-refractivity contribution is 0.0895. The lowest BCUT2D eigenvalue weighted by Gasteiger charge is -2.21. The van der Waals surface area contributed by atoms with E-state index in [1.165, 1.54) is 12.1 Å². The average Bonchev–Trinajstić information content (AvgIpc) is 2.61. The van der Waals surface area contributed by atoms with Gasteiger partial charge in [-0.05, 0) is 67.9 Å². The lowest BCUT2D eigenvalue weighted by atomic mass is 9.90. The molecule has 120 valence electrons. The summed E-state index contributed by atoms with van der Waals surface area (Å²) in [5.74, 6) is 0.739. The van der Waals surface area contributed by atoms with E-state index in [-0.39, 0.29) is 17.5 Å². The molecule has 0 aromatic heterocycles. The minimum absolute atomic E-state index is 0.121. The molecule has 23 heavy (non-hydrogen) atoms. The van der Waals surface area contributed by atoms with Gasteiger partial charge in [-0.2, -0.15) is 0 Å². The molecule has 0 aliphatic carbocycles. The van der Waals surface area contributed by atoms with Crippen molar-refractivity contribution < 1.29 is 13.9 Å². The van der Waals surface area contributed by atoms with Crippen LogP contribution >= 0.6 is 0 Å². The largest absolute Gasteiger partial charge is 0.489 e. The van der Waals surface area contributed by atoms with Crippen molar-refractivity contribution in [3.8, 4) is 5.75 Å². The van der Waals surface area contributed by atoms with E-state index in [1.807, 2.05) is 18.2 Å². The van der Waals surface area contributed by atoms with Gasteiger partial charge >= 0.3 is 0 Å². The predicted molar refractivity (Wildman–Crippen MR) is 87.1 cm³/mol. The van der Waals surface area contributed by atoms with Gasteiger partial charge in [0.1, 0.15) is 18.2 Å². The molecule has 0 bridgehead atoms. The third-order valence-corrected chi connectivity index (χ3v) is 4.14. The zero-order valence-electron chi connectivity index (χ0n) is 12.9. The minimum Gasteiger partial charge on any atom is -0.489 e. The summed E-state index contributed by atoms with van der Waals surface area (Å²) in [7, 11) is 0. The van der Waals surface area contributed by atoms with Gasteiger partial charge in [-0.25, -0.2) is 4.39 Å². The Morgan fingerprint density at radius 2 is 1.87 bits per heavy atom. The summed E-state index contributed by atoms with van der Waals surface area (Å²) >= 11 is 0. The Bertz CT molecular complexity index is 663. The average molecular weight is 313 g/mol. The van der Waals surface area contributed by atoms with Crippen molar-refractivity contribution in [2.24, 2.45) is 5.92 Å². The van der Waals surface area contributed by atoms with Gasteiger partial charge in [-0.3, -0.25) is 4.79 Å². The molecular formula is C19H20FNO2. The number of carbonyl (C=O) groups is 1. The van der Waals surface area contributed by atoms with Crippen LogP contribution < -0.4 is 10.1 Å². The number of ketones is 1. The standard InChI is InChI=1S/C19H20FNO2/c20-17-3-1-2-14(12-17)13-23-18-6-4-15(5-7-18)19(22)16-8-10-21-11-9-16/h1-7,12,16,21H,8-11,13H2. The first-order valence-corrected chi connectivity index (χ1v) is 7.94. The molecule has 0 atom stereocenters. The summed E-state index contributed by atoms with van der Waals surface area (Å²) in [6.07, 6.45) is 1.80. The Hall–Kier alpha value is -2.20. The maximum atomic E-state index is 13.1. The Morgan fingerprint density at radius 1 is 1.13 bits per heavy atom. The summed E-state index contributed by atoms with van der Waals surface area (Å²) in [4.78, 5) is 12.4. The molecule has 1 heterocycles. The second-order valence-electron chi connectivity index (χ2n) is 5.83. The Morgan fingerprint density at radius 3 is 2.57 bits per heavy atom. The van der Waals surface area contributed by atoms with Crippen LogP contribution in [-0.4, -0.2) is 18.9 Å². The molecule has 0 saturated carbocycles. The summed E-state index contributed by atoms with van der Waals surface area (Å²) in [6, 6.07) is 13.6. The fourth-order valence-electron chi connectivity index (χ4n) is 2.83. The number of hydrogen-bond acceptors (Lipinski definition) is 3. The summed E-state index contributed by atoms with van der Waals surface area (Å²) in [5, 5.41) is 3.27. The molecule has 1 fully saturated rings. The smallest absolute Gasteiger partial charge is 0.166 e. The fourth-order valence-corrected chi connectivity index (χ4v) is 2.83. The van der Waals surface area contributed by atoms with Crippen LogP contribution in [0.3, 0.4) is 0 Å². The van der Waals surface area contributed by atoms with E-state index in [2.05, 4.69) is 5.32 Å². The first kappa shape index (κ1) is 15.7. The number of halogens is 1. The van der Waals surface area contributed by atoms with Crippen molar-refractivity contribution >= 4 is 5.78 Å². The van der Waals surface area contributed by atoms with Gasteiger partial charge in [0.05, 0.1) is 0 Å². The third kappa shape index (κ3) is 4.17. The second-order valence-corrected chi connectivity index (χ2v) is 5.83. The van der Waals surface area contributed by atoms with E-state index in [9.17, 15) is 9.18 Å². The van der Waals surface area contributed by atoms with Crippen molar-refractivity contribution in [3.63, 3.8) is 0 Å². The Balaban J connectivity index is 1.59. The molecule has 0 radical (unpaired) electrons. The molecule has 3 rings (SSSR count). The van der Waals surface area contributed by atoms with E-state index < -0.39 is 0 Å². The highest BCUT2D eigenvalue weighted by molar-refractivity contribution is 5.98. The van der Waals surface area contributed by atoms with E-state index in [0.29, 0.717) is 12.4 Å². The van der Waals surface area contributed by atoms with Crippen LogP contribution in [-0.2, 0) is 6.61 Å². The number of rotatable bonds is 5. The normalized spacial score (nSPS) is 15.3. The first-order valence-electron chi connectivity index (χ1n) is 7.94. The van der Waals surface area contributed by atoms with Gasteiger partial charge in [0.25, 0.3) is 0 Å². The number of piperidine rings is 1. The Kier molecular flexibility index (Phi) is 5.03. The van der Waals surface area contributed by atoms with E-state index in [1.54, 1.807) is 18.2 Å².